The van der Waals surface area contributed by atoms with Gasteiger partial charge in [0.15, 0.2) is 0 Å². The molecular weight excluding hydrogens is 220 g/mol. The highest BCUT2D eigenvalue weighted by molar-refractivity contribution is 9.09. The van der Waals surface area contributed by atoms with E-state index >= 15 is 0 Å². The van der Waals surface area contributed by atoms with Gasteiger partial charge in [-0.3, -0.25) is 0 Å². The van der Waals surface area contributed by atoms with Crippen LogP contribution < -0.4 is 0 Å². The largest absolute Gasteiger partial charge is 0.379 e. The van der Waals surface area contributed by atoms with Gasteiger partial charge in [0, 0.05) is 11.9 Å². The summed E-state index contributed by atoms with van der Waals surface area (Å²) in [6, 6.07) is 0. The average molecular weight is 239 g/mol. The van der Waals surface area contributed by atoms with E-state index in [1.807, 2.05) is 13.8 Å². The van der Waals surface area contributed by atoms with Crippen LogP contribution in [0.15, 0.2) is 0 Å². The second kappa shape index (κ2) is 8.02. The lowest BCUT2D eigenvalue weighted by Gasteiger charge is -2.15. The third kappa shape index (κ3) is 7.07. The average Bonchev–Trinajstić information content (AvgIpc) is 2.10. The number of rotatable bonds is 7. The summed E-state index contributed by atoms with van der Waals surface area (Å²) in [6.07, 6.45) is 0.214. The van der Waals surface area contributed by atoms with Crippen LogP contribution in [0.1, 0.15) is 20.8 Å². The minimum atomic E-state index is 0.214. The predicted octanol–water partition coefficient (Wildman–Crippen LogP) is 2.46. The summed E-state index contributed by atoms with van der Waals surface area (Å²) < 4.78 is 10.8. The maximum Gasteiger partial charge on any atom is 0.0780 e. The minimum absolute atomic E-state index is 0.214. The molecule has 0 aromatic carbocycles. The van der Waals surface area contributed by atoms with Gasteiger partial charge in [-0.15, -0.1) is 0 Å². The van der Waals surface area contributed by atoms with Crippen LogP contribution in [0, 0.1) is 5.92 Å². The number of hydrogen-bond acceptors (Lipinski definition) is 2. The smallest absolute Gasteiger partial charge is 0.0780 e. The van der Waals surface area contributed by atoms with Crippen LogP contribution in [-0.4, -0.2) is 31.3 Å². The molecule has 12 heavy (non-hydrogen) atoms. The van der Waals surface area contributed by atoms with E-state index in [0.29, 0.717) is 12.5 Å². The molecule has 3 heteroatoms. The molecule has 0 fully saturated rings. The van der Waals surface area contributed by atoms with Gasteiger partial charge in [-0.25, -0.2) is 0 Å². The molecule has 0 N–H and O–H groups in total. The Balaban J connectivity index is 3.24. The molecule has 0 heterocycles. The molecule has 0 aliphatic heterocycles. The van der Waals surface area contributed by atoms with Gasteiger partial charge in [0.1, 0.15) is 0 Å². The van der Waals surface area contributed by atoms with Crippen molar-refractivity contribution in [3.05, 3.63) is 0 Å². The number of hydrogen-bond donors (Lipinski definition) is 0. The second-order valence-electron chi connectivity index (χ2n) is 3.06. The van der Waals surface area contributed by atoms with Crippen LogP contribution in [-0.2, 0) is 9.47 Å². The second-order valence-corrected chi connectivity index (χ2v) is 3.71. The molecule has 0 bridgehead atoms. The molecule has 74 valence electrons. The van der Waals surface area contributed by atoms with Crippen molar-refractivity contribution in [1.29, 1.82) is 0 Å². The van der Waals surface area contributed by atoms with Gasteiger partial charge in [0.25, 0.3) is 0 Å². The van der Waals surface area contributed by atoms with Crippen LogP contribution in [0.2, 0.25) is 0 Å². The Bertz CT molecular complexity index is 98.5. The summed E-state index contributed by atoms with van der Waals surface area (Å²) in [5, 5.41) is 0.994. The van der Waals surface area contributed by atoms with Gasteiger partial charge in [-0.1, -0.05) is 22.9 Å². The van der Waals surface area contributed by atoms with Gasteiger partial charge in [-0.2, -0.15) is 0 Å². The maximum absolute atomic E-state index is 5.54. The zero-order valence-electron chi connectivity index (χ0n) is 8.18. The van der Waals surface area contributed by atoms with Gasteiger partial charge >= 0.3 is 0 Å². The highest BCUT2D eigenvalue weighted by Gasteiger charge is 2.04. The van der Waals surface area contributed by atoms with Crippen LogP contribution in [0.3, 0.4) is 0 Å². The summed E-state index contributed by atoms with van der Waals surface area (Å²) in [4.78, 5) is 0. The highest BCUT2D eigenvalue weighted by atomic mass is 79.9. The molecule has 2 atom stereocenters. The first-order chi connectivity index (χ1) is 5.70. The van der Waals surface area contributed by atoms with E-state index in [-0.39, 0.29) is 6.10 Å². The van der Waals surface area contributed by atoms with Crippen LogP contribution in [0.4, 0.5) is 0 Å². The first-order valence-corrected chi connectivity index (χ1v) is 5.58. The molecule has 0 radical (unpaired) electrons. The van der Waals surface area contributed by atoms with Crippen LogP contribution in [0.5, 0.6) is 0 Å². The monoisotopic (exact) mass is 238 g/mol. The fourth-order valence-corrected chi connectivity index (χ4v) is 0.892. The minimum Gasteiger partial charge on any atom is -0.379 e. The molecule has 0 aliphatic rings. The number of alkyl halides is 1. The topological polar surface area (TPSA) is 18.5 Å². The fourth-order valence-electron chi connectivity index (χ4n) is 0.705. The van der Waals surface area contributed by atoms with Crippen molar-refractivity contribution in [2.24, 2.45) is 5.92 Å². The molecule has 2 nitrogen and oxygen atoms in total. The molecule has 0 aromatic heterocycles. The Hall–Kier alpha value is 0.400. The normalized spacial score (nSPS) is 16.0. The van der Waals surface area contributed by atoms with Crippen molar-refractivity contribution in [3.63, 3.8) is 0 Å². The Morgan fingerprint density at radius 3 is 2.42 bits per heavy atom. The quantitative estimate of drug-likeness (QED) is 0.635. The molecule has 0 spiro atoms. The zero-order chi connectivity index (χ0) is 9.40. The molecule has 0 rings (SSSR count). The van der Waals surface area contributed by atoms with Gasteiger partial charge in [0.2, 0.25) is 0 Å². The third-order valence-electron chi connectivity index (χ3n) is 1.49. The molecule has 0 saturated heterocycles. The van der Waals surface area contributed by atoms with Crippen LogP contribution in [0.25, 0.3) is 0 Å². The highest BCUT2D eigenvalue weighted by Crippen LogP contribution is 2.02. The van der Waals surface area contributed by atoms with E-state index in [2.05, 4.69) is 22.9 Å². The van der Waals surface area contributed by atoms with Crippen LogP contribution >= 0.6 is 15.9 Å². The van der Waals surface area contributed by atoms with E-state index in [0.717, 1.165) is 18.5 Å². The summed E-state index contributed by atoms with van der Waals surface area (Å²) in [5.41, 5.74) is 0. The summed E-state index contributed by atoms with van der Waals surface area (Å²) in [6.45, 7) is 8.46. The Morgan fingerprint density at radius 2 is 1.92 bits per heavy atom. The van der Waals surface area contributed by atoms with E-state index in [9.17, 15) is 0 Å². The van der Waals surface area contributed by atoms with Crippen molar-refractivity contribution >= 4 is 15.9 Å². The molecule has 0 aliphatic carbocycles. The standard InChI is InChI=1S/C9H19BrO2/c1-4-11-7-9(3)12-6-8(2)5-10/h8-9H,4-7H2,1-3H3. The Labute approximate surface area is 83.8 Å². The summed E-state index contributed by atoms with van der Waals surface area (Å²) in [7, 11) is 0. The van der Waals surface area contributed by atoms with Crippen molar-refractivity contribution in [2.75, 3.05) is 25.2 Å². The van der Waals surface area contributed by atoms with Crippen molar-refractivity contribution < 1.29 is 9.47 Å². The van der Waals surface area contributed by atoms with E-state index in [4.69, 9.17) is 9.47 Å². The Kier molecular flexibility index (Phi) is 8.29. The van der Waals surface area contributed by atoms with Crippen molar-refractivity contribution in [2.45, 2.75) is 26.9 Å². The summed E-state index contributed by atoms with van der Waals surface area (Å²) >= 11 is 3.41. The third-order valence-corrected chi connectivity index (χ3v) is 2.59. The first-order valence-electron chi connectivity index (χ1n) is 4.46. The lowest BCUT2D eigenvalue weighted by Crippen LogP contribution is -2.19. The predicted molar refractivity (Wildman–Crippen MR) is 54.9 cm³/mol. The molecular formula is C9H19BrO2. The molecule has 0 saturated carbocycles. The lowest BCUT2D eigenvalue weighted by atomic mass is 10.2. The SMILES string of the molecule is CCOCC(C)OCC(C)CBr. The molecule has 2 unspecified atom stereocenters. The maximum atomic E-state index is 5.54. The number of halogens is 1. The Morgan fingerprint density at radius 1 is 1.25 bits per heavy atom. The number of ether oxygens (including phenoxy) is 2. The van der Waals surface area contributed by atoms with E-state index in [1.165, 1.54) is 0 Å². The van der Waals surface area contributed by atoms with Gasteiger partial charge in [0.05, 0.1) is 19.3 Å². The van der Waals surface area contributed by atoms with Crippen molar-refractivity contribution in [1.82, 2.24) is 0 Å². The zero-order valence-corrected chi connectivity index (χ0v) is 9.76. The van der Waals surface area contributed by atoms with Crippen molar-refractivity contribution in [3.8, 4) is 0 Å². The summed E-state index contributed by atoms with van der Waals surface area (Å²) in [5.74, 6) is 0.578. The van der Waals surface area contributed by atoms with E-state index in [1.54, 1.807) is 0 Å². The van der Waals surface area contributed by atoms with E-state index < -0.39 is 0 Å². The molecule has 0 amide bonds. The van der Waals surface area contributed by atoms with Gasteiger partial charge in [-0.05, 0) is 19.8 Å². The van der Waals surface area contributed by atoms with Gasteiger partial charge < -0.3 is 9.47 Å². The molecule has 0 aromatic rings. The fraction of sp³-hybridized carbons (Fsp3) is 1.00. The lowest BCUT2D eigenvalue weighted by molar-refractivity contribution is -0.0124. The first kappa shape index (κ1) is 12.4.